The first-order valence-electron chi connectivity index (χ1n) is 7.44. The van der Waals surface area contributed by atoms with Crippen molar-refractivity contribution in [3.8, 4) is 0 Å². The van der Waals surface area contributed by atoms with Gasteiger partial charge < -0.3 is 5.11 Å². The van der Waals surface area contributed by atoms with E-state index in [-0.39, 0.29) is 5.41 Å². The van der Waals surface area contributed by atoms with E-state index in [4.69, 9.17) is 5.11 Å². The first-order valence-corrected chi connectivity index (χ1v) is 7.44. The molecule has 0 saturated heterocycles. The largest absolute Gasteiger partial charge is 0.481 e. The van der Waals surface area contributed by atoms with Gasteiger partial charge in [0.2, 0.25) is 0 Å². The molecule has 0 radical (unpaired) electrons. The summed E-state index contributed by atoms with van der Waals surface area (Å²) < 4.78 is 1.71. The Bertz CT molecular complexity index is 463. The Balaban J connectivity index is 2.26. The van der Waals surface area contributed by atoms with Crippen molar-refractivity contribution < 1.29 is 9.90 Å². The number of rotatable bonds is 6. The van der Waals surface area contributed by atoms with E-state index in [1.165, 1.54) is 12.8 Å². The first-order chi connectivity index (χ1) is 9.44. The molecule has 1 atom stereocenters. The predicted octanol–water partition coefficient (Wildman–Crippen LogP) is 2.25. The minimum absolute atomic E-state index is 0.0376. The maximum Gasteiger partial charge on any atom is 0.308 e. The fourth-order valence-corrected chi connectivity index (χ4v) is 3.40. The fourth-order valence-electron chi connectivity index (χ4n) is 3.40. The van der Waals surface area contributed by atoms with Gasteiger partial charge in [-0.25, -0.2) is 4.68 Å². The van der Waals surface area contributed by atoms with E-state index < -0.39 is 11.9 Å². The number of aromatic nitrogens is 4. The van der Waals surface area contributed by atoms with Gasteiger partial charge in [0.05, 0.1) is 12.5 Å². The number of hydrogen-bond donors (Lipinski definition) is 1. The average Bonchev–Trinajstić information content (AvgIpc) is 2.97. The lowest BCUT2D eigenvalue weighted by Crippen LogP contribution is -2.31. The Kier molecular flexibility index (Phi) is 4.40. The second-order valence-corrected chi connectivity index (χ2v) is 6.51. The van der Waals surface area contributed by atoms with E-state index in [2.05, 4.69) is 29.4 Å². The molecule has 6 nitrogen and oxygen atoms in total. The van der Waals surface area contributed by atoms with Crippen molar-refractivity contribution in [3.63, 3.8) is 0 Å². The number of carbonyl (C=O) groups is 1. The predicted molar refractivity (Wildman–Crippen MR) is 74.2 cm³/mol. The topological polar surface area (TPSA) is 80.9 Å². The van der Waals surface area contributed by atoms with E-state index >= 15 is 0 Å². The van der Waals surface area contributed by atoms with Crippen LogP contribution in [-0.4, -0.2) is 31.3 Å². The summed E-state index contributed by atoms with van der Waals surface area (Å²) in [7, 11) is 0. The zero-order valence-electron chi connectivity index (χ0n) is 12.5. The molecule has 0 aliphatic heterocycles. The minimum atomic E-state index is -0.809. The van der Waals surface area contributed by atoms with Crippen LogP contribution in [0.3, 0.4) is 0 Å². The molecule has 1 N–H and O–H groups in total. The normalized spacial score (nSPS) is 19.4. The van der Waals surface area contributed by atoms with Crippen LogP contribution >= 0.6 is 0 Å². The highest BCUT2D eigenvalue weighted by molar-refractivity contribution is 5.69. The molecule has 1 aliphatic carbocycles. The van der Waals surface area contributed by atoms with Crippen LogP contribution in [0.25, 0.3) is 0 Å². The van der Waals surface area contributed by atoms with Crippen LogP contribution in [0.4, 0.5) is 0 Å². The van der Waals surface area contributed by atoms with Crippen molar-refractivity contribution in [2.75, 3.05) is 0 Å². The van der Waals surface area contributed by atoms with Crippen LogP contribution in [0.2, 0.25) is 0 Å². The van der Waals surface area contributed by atoms with Gasteiger partial charge in [0.1, 0.15) is 0 Å². The molecule has 20 heavy (non-hydrogen) atoms. The molecule has 0 bridgehead atoms. The van der Waals surface area contributed by atoms with Crippen LogP contribution < -0.4 is 0 Å². The van der Waals surface area contributed by atoms with E-state index in [1.807, 2.05) is 0 Å². The highest BCUT2D eigenvalue weighted by Crippen LogP contribution is 2.44. The molecule has 0 spiro atoms. The van der Waals surface area contributed by atoms with Gasteiger partial charge in [-0.1, -0.05) is 33.6 Å². The molecule has 1 fully saturated rings. The van der Waals surface area contributed by atoms with Crippen LogP contribution in [-0.2, 0) is 16.8 Å². The molecule has 0 aromatic carbocycles. The SMILES string of the molecule is CC(C)CC1(c2nnnn2CC(C)C(=O)O)CCCC1. The first kappa shape index (κ1) is 14.9. The molecule has 1 aromatic rings. The number of carboxylic acid groups (broad SMARTS) is 1. The third-order valence-electron chi connectivity index (χ3n) is 4.23. The Morgan fingerprint density at radius 1 is 1.35 bits per heavy atom. The van der Waals surface area contributed by atoms with Crippen molar-refractivity contribution in [2.45, 2.75) is 64.8 Å². The van der Waals surface area contributed by atoms with E-state index in [0.717, 1.165) is 25.1 Å². The Morgan fingerprint density at radius 2 is 2.00 bits per heavy atom. The van der Waals surface area contributed by atoms with Crippen molar-refractivity contribution in [2.24, 2.45) is 11.8 Å². The summed E-state index contributed by atoms with van der Waals surface area (Å²) in [5.74, 6) is 0.178. The lowest BCUT2D eigenvalue weighted by molar-refractivity contribution is -0.141. The smallest absolute Gasteiger partial charge is 0.308 e. The molecule has 1 saturated carbocycles. The number of nitrogens with zero attached hydrogens (tertiary/aromatic N) is 4. The lowest BCUT2D eigenvalue weighted by Gasteiger charge is -2.29. The Morgan fingerprint density at radius 3 is 2.55 bits per heavy atom. The number of aliphatic carboxylic acids is 1. The molecular formula is C14H24N4O2. The monoisotopic (exact) mass is 280 g/mol. The number of hydrogen-bond acceptors (Lipinski definition) is 4. The zero-order valence-corrected chi connectivity index (χ0v) is 12.5. The third-order valence-corrected chi connectivity index (χ3v) is 4.23. The highest BCUT2D eigenvalue weighted by atomic mass is 16.4. The van der Waals surface area contributed by atoms with E-state index in [9.17, 15) is 4.79 Å². The van der Waals surface area contributed by atoms with Gasteiger partial charge in [0.25, 0.3) is 0 Å². The quantitative estimate of drug-likeness (QED) is 0.864. The third kappa shape index (κ3) is 2.99. The molecule has 0 amide bonds. The van der Waals surface area contributed by atoms with Crippen LogP contribution in [0.5, 0.6) is 0 Å². The molecule has 6 heteroatoms. The maximum absolute atomic E-state index is 11.0. The summed E-state index contributed by atoms with van der Waals surface area (Å²) in [6.45, 7) is 6.47. The van der Waals surface area contributed by atoms with Gasteiger partial charge in [0.15, 0.2) is 5.82 Å². The summed E-state index contributed by atoms with van der Waals surface area (Å²) in [6.07, 6.45) is 5.68. The standard InChI is InChI=1S/C14H24N4O2/c1-10(2)8-14(6-4-5-7-14)13-15-16-17-18(13)9-11(3)12(19)20/h10-11H,4-9H2,1-3H3,(H,19,20). The highest BCUT2D eigenvalue weighted by Gasteiger charge is 2.40. The van der Waals surface area contributed by atoms with Gasteiger partial charge in [-0.15, -0.1) is 5.10 Å². The van der Waals surface area contributed by atoms with Gasteiger partial charge in [-0.05, 0) is 35.6 Å². The summed E-state index contributed by atoms with van der Waals surface area (Å²) in [5, 5.41) is 21.1. The summed E-state index contributed by atoms with van der Waals surface area (Å²) in [6, 6.07) is 0. The average molecular weight is 280 g/mol. The molecular weight excluding hydrogens is 256 g/mol. The van der Waals surface area contributed by atoms with Gasteiger partial charge in [0, 0.05) is 5.41 Å². The molecule has 2 rings (SSSR count). The van der Waals surface area contributed by atoms with Crippen LogP contribution in [0.15, 0.2) is 0 Å². The van der Waals surface area contributed by atoms with E-state index in [1.54, 1.807) is 11.6 Å². The molecule has 1 heterocycles. The van der Waals surface area contributed by atoms with Crippen molar-refractivity contribution in [3.05, 3.63) is 5.82 Å². The van der Waals surface area contributed by atoms with Gasteiger partial charge in [-0.3, -0.25) is 4.79 Å². The molecule has 1 aliphatic rings. The van der Waals surface area contributed by atoms with Gasteiger partial charge in [-0.2, -0.15) is 0 Å². The van der Waals surface area contributed by atoms with Gasteiger partial charge >= 0.3 is 5.97 Å². The van der Waals surface area contributed by atoms with Crippen LogP contribution in [0, 0.1) is 11.8 Å². The van der Waals surface area contributed by atoms with Crippen LogP contribution in [0.1, 0.15) is 58.7 Å². The number of tetrazole rings is 1. The zero-order chi connectivity index (χ0) is 14.8. The fraction of sp³-hybridized carbons (Fsp3) is 0.857. The summed E-state index contributed by atoms with van der Waals surface area (Å²) in [4.78, 5) is 11.0. The summed E-state index contributed by atoms with van der Waals surface area (Å²) >= 11 is 0. The minimum Gasteiger partial charge on any atom is -0.481 e. The van der Waals surface area contributed by atoms with Crippen molar-refractivity contribution >= 4 is 5.97 Å². The Labute approximate surface area is 119 Å². The van der Waals surface area contributed by atoms with Crippen molar-refractivity contribution in [1.29, 1.82) is 0 Å². The van der Waals surface area contributed by atoms with Crippen molar-refractivity contribution in [1.82, 2.24) is 20.2 Å². The molecule has 112 valence electrons. The van der Waals surface area contributed by atoms with E-state index in [0.29, 0.717) is 12.5 Å². The lowest BCUT2D eigenvalue weighted by atomic mass is 9.77. The molecule has 1 unspecified atom stereocenters. The second-order valence-electron chi connectivity index (χ2n) is 6.51. The molecule has 1 aromatic heterocycles. The second kappa shape index (κ2) is 5.89. The maximum atomic E-state index is 11.0. The number of carboxylic acids is 1. The Hall–Kier alpha value is -1.46. The summed E-state index contributed by atoms with van der Waals surface area (Å²) in [5.41, 5.74) is 0.0376.